The van der Waals surface area contributed by atoms with Crippen molar-refractivity contribution in [2.75, 3.05) is 0 Å². The average Bonchev–Trinajstić information content (AvgIpc) is 2.47. The largest absolute Gasteiger partial charge is 0.345 e. The van der Waals surface area contributed by atoms with Gasteiger partial charge in [0.1, 0.15) is 5.65 Å². The first kappa shape index (κ1) is 7.49. The third-order valence-corrected chi connectivity index (χ3v) is 2.29. The number of fused-ring (bicyclic) bond motifs is 1. The van der Waals surface area contributed by atoms with E-state index in [1.807, 2.05) is 0 Å². The minimum Gasteiger partial charge on any atom is -0.345 e. The van der Waals surface area contributed by atoms with Crippen molar-refractivity contribution >= 4 is 33.2 Å². The molecule has 0 bridgehead atoms. The van der Waals surface area contributed by atoms with E-state index in [1.54, 1.807) is 12.3 Å². The van der Waals surface area contributed by atoms with Gasteiger partial charge in [-0.05, 0) is 22.0 Å². The number of carbonyl (C=O) groups excluding carboxylic acids is 1. The molecule has 4 heteroatoms. The highest BCUT2D eigenvalue weighted by Crippen LogP contribution is 2.21. The van der Waals surface area contributed by atoms with Gasteiger partial charge >= 0.3 is 0 Å². The molecule has 0 atom stereocenters. The lowest BCUT2D eigenvalue weighted by Gasteiger charge is -1.90. The molecule has 0 spiro atoms. The van der Waals surface area contributed by atoms with E-state index in [0.29, 0.717) is 5.56 Å². The number of hydrogen-bond donors (Lipinski definition) is 1. The van der Waals surface area contributed by atoms with Gasteiger partial charge in [-0.1, -0.05) is 0 Å². The van der Waals surface area contributed by atoms with Crippen molar-refractivity contribution in [3.63, 3.8) is 0 Å². The van der Waals surface area contributed by atoms with Crippen LogP contribution in [0.4, 0.5) is 0 Å². The van der Waals surface area contributed by atoms with Crippen LogP contribution in [0.3, 0.4) is 0 Å². The van der Waals surface area contributed by atoms with E-state index >= 15 is 0 Å². The number of aldehydes is 1. The van der Waals surface area contributed by atoms with Crippen molar-refractivity contribution in [3.05, 3.63) is 28.5 Å². The smallest absolute Gasteiger partial charge is 0.151 e. The van der Waals surface area contributed by atoms with Crippen molar-refractivity contribution in [2.24, 2.45) is 0 Å². The van der Waals surface area contributed by atoms with E-state index < -0.39 is 0 Å². The van der Waals surface area contributed by atoms with Crippen LogP contribution in [0.15, 0.2) is 22.9 Å². The first-order valence-corrected chi connectivity index (χ1v) is 4.18. The van der Waals surface area contributed by atoms with Crippen LogP contribution in [0.1, 0.15) is 10.4 Å². The van der Waals surface area contributed by atoms with E-state index in [-0.39, 0.29) is 0 Å². The molecule has 0 saturated heterocycles. The van der Waals surface area contributed by atoms with Crippen LogP contribution in [-0.4, -0.2) is 16.3 Å². The molecule has 0 aliphatic heterocycles. The van der Waals surface area contributed by atoms with Crippen LogP contribution in [0.5, 0.6) is 0 Å². The lowest BCUT2D eigenvalue weighted by atomic mass is 10.2. The molecular weight excluding hydrogens is 220 g/mol. The highest BCUT2D eigenvalue weighted by molar-refractivity contribution is 9.10. The van der Waals surface area contributed by atoms with Crippen molar-refractivity contribution in [3.8, 4) is 0 Å². The summed E-state index contributed by atoms with van der Waals surface area (Å²) in [6.07, 6.45) is 4.12. The fraction of sp³-hybridized carbons (Fsp3) is 0. The summed E-state index contributed by atoms with van der Waals surface area (Å²) in [5.41, 5.74) is 1.37. The molecule has 12 heavy (non-hydrogen) atoms. The molecule has 0 unspecified atom stereocenters. The van der Waals surface area contributed by atoms with Gasteiger partial charge in [0.15, 0.2) is 6.29 Å². The predicted molar refractivity (Wildman–Crippen MR) is 49.2 cm³/mol. The van der Waals surface area contributed by atoms with Crippen molar-refractivity contribution in [1.82, 2.24) is 9.97 Å². The molecule has 0 saturated carbocycles. The molecule has 2 rings (SSSR count). The normalized spacial score (nSPS) is 10.4. The third kappa shape index (κ3) is 1.04. The van der Waals surface area contributed by atoms with Gasteiger partial charge in [-0.15, -0.1) is 0 Å². The van der Waals surface area contributed by atoms with Crippen LogP contribution in [0.2, 0.25) is 0 Å². The van der Waals surface area contributed by atoms with Crippen molar-refractivity contribution in [2.45, 2.75) is 0 Å². The number of aromatic amines is 1. The summed E-state index contributed by atoms with van der Waals surface area (Å²) in [4.78, 5) is 17.4. The van der Waals surface area contributed by atoms with Gasteiger partial charge in [0.05, 0.1) is 0 Å². The van der Waals surface area contributed by atoms with Gasteiger partial charge in [-0.25, -0.2) is 4.98 Å². The monoisotopic (exact) mass is 224 g/mol. The lowest BCUT2D eigenvalue weighted by Crippen LogP contribution is -1.82. The van der Waals surface area contributed by atoms with E-state index in [4.69, 9.17) is 0 Å². The summed E-state index contributed by atoms with van der Waals surface area (Å²) >= 11 is 3.34. The average molecular weight is 225 g/mol. The van der Waals surface area contributed by atoms with Gasteiger partial charge in [0, 0.05) is 27.8 Å². The zero-order valence-electron chi connectivity index (χ0n) is 6.04. The zero-order valence-corrected chi connectivity index (χ0v) is 7.63. The Balaban J connectivity index is 2.79. The quantitative estimate of drug-likeness (QED) is 0.755. The molecule has 0 amide bonds. The van der Waals surface area contributed by atoms with Crippen LogP contribution < -0.4 is 0 Å². The van der Waals surface area contributed by atoms with Gasteiger partial charge in [0.2, 0.25) is 0 Å². The Morgan fingerprint density at radius 2 is 2.42 bits per heavy atom. The number of nitrogens with zero attached hydrogens (tertiary/aromatic N) is 1. The molecule has 0 fully saturated rings. The second-order valence-corrected chi connectivity index (χ2v) is 3.27. The number of nitrogens with one attached hydrogen (secondary N) is 1. The maximum atomic E-state index is 10.4. The summed E-state index contributed by atoms with van der Waals surface area (Å²) in [7, 11) is 0. The molecule has 2 aromatic rings. The Bertz CT molecular complexity index is 436. The van der Waals surface area contributed by atoms with Crippen LogP contribution >= 0.6 is 15.9 Å². The SMILES string of the molecule is O=Cc1cnc2[nH]cc(Br)c2c1. The number of pyridine rings is 1. The maximum Gasteiger partial charge on any atom is 0.151 e. The Kier molecular flexibility index (Phi) is 1.69. The molecule has 0 aliphatic carbocycles. The summed E-state index contributed by atoms with van der Waals surface area (Å²) in [6.45, 7) is 0. The fourth-order valence-corrected chi connectivity index (χ4v) is 1.47. The molecule has 0 aromatic carbocycles. The van der Waals surface area contributed by atoms with E-state index in [1.165, 1.54) is 6.20 Å². The standard InChI is InChI=1S/C8H5BrN2O/c9-7-3-11-8-6(7)1-5(4-12)2-10-8/h1-4H,(H,10,11). The molecule has 0 aliphatic rings. The van der Waals surface area contributed by atoms with Gasteiger partial charge < -0.3 is 4.98 Å². The Hall–Kier alpha value is -1.16. The number of halogens is 1. The van der Waals surface area contributed by atoms with Crippen molar-refractivity contribution < 1.29 is 4.79 Å². The van der Waals surface area contributed by atoms with Gasteiger partial charge in [-0.2, -0.15) is 0 Å². The molecule has 2 aromatic heterocycles. The molecule has 3 nitrogen and oxygen atoms in total. The molecule has 1 N–H and O–H groups in total. The fourth-order valence-electron chi connectivity index (χ4n) is 1.05. The third-order valence-electron chi connectivity index (χ3n) is 1.64. The zero-order chi connectivity index (χ0) is 8.55. The topological polar surface area (TPSA) is 45.8 Å². The van der Waals surface area contributed by atoms with Crippen LogP contribution in [0.25, 0.3) is 11.0 Å². The van der Waals surface area contributed by atoms with Crippen LogP contribution in [-0.2, 0) is 0 Å². The van der Waals surface area contributed by atoms with Gasteiger partial charge in [0.25, 0.3) is 0 Å². The number of H-pyrrole nitrogens is 1. The first-order valence-electron chi connectivity index (χ1n) is 3.39. The Labute approximate surface area is 76.9 Å². The van der Waals surface area contributed by atoms with Crippen molar-refractivity contribution in [1.29, 1.82) is 0 Å². The second-order valence-electron chi connectivity index (χ2n) is 2.42. The summed E-state index contributed by atoms with van der Waals surface area (Å²) < 4.78 is 0.925. The second kappa shape index (κ2) is 2.71. The highest BCUT2D eigenvalue weighted by atomic mass is 79.9. The Morgan fingerprint density at radius 3 is 3.17 bits per heavy atom. The number of rotatable bonds is 1. The van der Waals surface area contributed by atoms with E-state index in [0.717, 1.165) is 21.8 Å². The van der Waals surface area contributed by atoms with E-state index in [2.05, 4.69) is 25.9 Å². The first-order chi connectivity index (χ1) is 5.81. The van der Waals surface area contributed by atoms with Gasteiger partial charge in [-0.3, -0.25) is 4.79 Å². The Morgan fingerprint density at radius 1 is 1.58 bits per heavy atom. The highest BCUT2D eigenvalue weighted by Gasteiger charge is 2.01. The maximum absolute atomic E-state index is 10.4. The molecule has 60 valence electrons. The number of hydrogen-bond acceptors (Lipinski definition) is 2. The molecule has 2 heterocycles. The minimum atomic E-state index is 0.586. The predicted octanol–water partition coefficient (Wildman–Crippen LogP) is 2.14. The lowest BCUT2D eigenvalue weighted by molar-refractivity contribution is 0.112. The summed E-state index contributed by atoms with van der Waals surface area (Å²) in [6, 6.07) is 1.79. The summed E-state index contributed by atoms with van der Waals surface area (Å²) in [5, 5.41) is 0.930. The van der Waals surface area contributed by atoms with E-state index in [9.17, 15) is 4.79 Å². The summed E-state index contributed by atoms with van der Waals surface area (Å²) in [5.74, 6) is 0. The minimum absolute atomic E-state index is 0.586. The molecule has 0 radical (unpaired) electrons. The van der Waals surface area contributed by atoms with Crippen LogP contribution in [0, 0.1) is 0 Å². The number of carbonyl (C=O) groups is 1. The number of aromatic nitrogens is 2. The molecular formula is C8H5BrN2O.